The molecular formula is C19H22BrN3O3. The number of benzene rings is 2. The van der Waals surface area contributed by atoms with Crippen molar-refractivity contribution in [3.8, 4) is 5.75 Å². The molecule has 2 rings (SSSR count). The molecule has 0 aliphatic carbocycles. The quantitative estimate of drug-likeness (QED) is 0.689. The summed E-state index contributed by atoms with van der Waals surface area (Å²) in [4.78, 5) is 25.4. The number of likely N-dealkylation sites (N-methyl/N-ethyl adjacent to an activating group) is 1. The molecule has 0 bridgehead atoms. The Morgan fingerprint density at radius 3 is 2.46 bits per heavy atom. The van der Waals surface area contributed by atoms with Crippen molar-refractivity contribution in [1.82, 2.24) is 15.5 Å². The SMILES string of the molecule is CN(CCOc1ccc(Br)cc1)CC(=O)NC(=O)NCc1ccccc1. The Hall–Kier alpha value is -2.38. The predicted octanol–water partition coefficient (Wildman–Crippen LogP) is 2.79. The van der Waals surface area contributed by atoms with Crippen LogP contribution in [0.5, 0.6) is 5.75 Å². The summed E-state index contributed by atoms with van der Waals surface area (Å²) in [6, 6.07) is 16.5. The number of ether oxygens (including phenoxy) is 1. The van der Waals surface area contributed by atoms with Crippen LogP contribution in [-0.4, -0.2) is 43.6 Å². The molecule has 0 radical (unpaired) electrons. The van der Waals surface area contributed by atoms with Crippen molar-refractivity contribution in [2.75, 3.05) is 26.7 Å². The third-order valence-corrected chi connectivity index (χ3v) is 4.05. The molecule has 0 aromatic heterocycles. The van der Waals surface area contributed by atoms with Gasteiger partial charge >= 0.3 is 6.03 Å². The fourth-order valence-electron chi connectivity index (χ4n) is 2.16. The van der Waals surface area contributed by atoms with Gasteiger partial charge < -0.3 is 10.1 Å². The molecule has 7 heteroatoms. The molecule has 0 atom stereocenters. The Kier molecular flexibility index (Phi) is 8.11. The molecule has 138 valence electrons. The number of amides is 3. The second kappa shape index (κ2) is 10.6. The first-order valence-electron chi connectivity index (χ1n) is 8.21. The highest BCUT2D eigenvalue weighted by molar-refractivity contribution is 9.10. The minimum atomic E-state index is -0.502. The van der Waals surface area contributed by atoms with Crippen LogP contribution in [0, 0.1) is 0 Å². The van der Waals surface area contributed by atoms with Crippen LogP contribution >= 0.6 is 15.9 Å². The average molecular weight is 420 g/mol. The number of halogens is 1. The summed E-state index contributed by atoms with van der Waals surface area (Å²) in [5.74, 6) is 0.410. The van der Waals surface area contributed by atoms with Gasteiger partial charge in [0.2, 0.25) is 5.91 Å². The Bertz CT molecular complexity index is 708. The summed E-state index contributed by atoms with van der Waals surface area (Å²) in [7, 11) is 1.80. The number of hydrogen-bond acceptors (Lipinski definition) is 4. The molecule has 0 aliphatic heterocycles. The van der Waals surface area contributed by atoms with E-state index in [-0.39, 0.29) is 12.5 Å². The Morgan fingerprint density at radius 2 is 1.77 bits per heavy atom. The first-order chi connectivity index (χ1) is 12.5. The van der Waals surface area contributed by atoms with Crippen LogP contribution < -0.4 is 15.4 Å². The highest BCUT2D eigenvalue weighted by Crippen LogP contribution is 2.15. The molecule has 0 spiro atoms. The van der Waals surface area contributed by atoms with E-state index in [0.29, 0.717) is 19.7 Å². The summed E-state index contributed by atoms with van der Waals surface area (Å²) in [6.07, 6.45) is 0. The summed E-state index contributed by atoms with van der Waals surface area (Å²) >= 11 is 3.37. The van der Waals surface area contributed by atoms with Gasteiger partial charge in [-0.25, -0.2) is 4.79 Å². The lowest BCUT2D eigenvalue weighted by Crippen LogP contribution is -2.44. The van der Waals surface area contributed by atoms with E-state index in [9.17, 15) is 9.59 Å². The second-order valence-corrected chi connectivity index (χ2v) is 6.67. The lowest BCUT2D eigenvalue weighted by atomic mass is 10.2. The number of rotatable bonds is 8. The molecule has 0 aliphatic rings. The van der Waals surface area contributed by atoms with Gasteiger partial charge in [-0.2, -0.15) is 0 Å². The van der Waals surface area contributed by atoms with Gasteiger partial charge in [0.15, 0.2) is 0 Å². The molecule has 0 fully saturated rings. The summed E-state index contributed by atoms with van der Waals surface area (Å²) < 4.78 is 6.60. The summed E-state index contributed by atoms with van der Waals surface area (Å²) in [5.41, 5.74) is 0.970. The fraction of sp³-hybridized carbons (Fsp3) is 0.263. The minimum Gasteiger partial charge on any atom is -0.492 e. The molecule has 0 unspecified atom stereocenters. The van der Waals surface area contributed by atoms with E-state index in [1.54, 1.807) is 11.9 Å². The van der Waals surface area contributed by atoms with Gasteiger partial charge in [0.1, 0.15) is 12.4 Å². The van der Waals surface area contributed by atoms with Crippen LogP contribution in [0.15, 0.2) is 59.1 Å². The van der Waals surface area contributed by atoms with Crippen LogP contribution in [0.1, 0.15) is 5.56 Å². The second-order valence-electron chi connectivity index (χ2n) is 5.76. The molecule has 0 saturated carbocycles. The van der Waals surface area contributed by atoms with Crippen molar-refractivity contribution in [3.63, 3.8) is 0 Å². The third-order valence-electron chi connectivity index (χ3n) is 3.52. The van der Waals surface area contributed by atoms with Crippen molar-refractivity contribution in [2.24, 2.45) is 0 Å². The van der Waals surface area contributed by atoms with Crippen LogP contribution in [0.4, 0.5) is 4.79 Å². The minimum absolute atomic E-state index is 0.114. The lowest BCUT2D eigenvalue weighted by molar-refractivity contribution is -0.120. The van der Waals surface area contributed by atoms with Crippen LogP contribution in [0.3, 0.4) is 0 Å². The number of hydrogen-bond donors (Lipinski definition) is 2. The molecule has 3 amide bonds. The van der Waals surface area contributed by atoms with E-state index >= 15 is 0 Å². The topological polar surface area (TPSA) is 70.7 Å². The average Bonchev–Trinajstić information content (AvgIpc) is 2.62. The van der Waals surface area contributed by atoms with Crippen molar-refractivity contribution in [1.29, 1.82) is 0 Å². The normalized spacial score (nSPS) is 10.4. The largest absolute Gasteiger partial charge is 0.492 e. The van der Waals surface area contributed by atoms with Crippen LogP contribution in [0.25, 0.3) is 0 Å². The van der Waals surface area contributed by atoms with Crippen molar-refractivity contribution < 1.29 is 14.3 Å². The first kappa shape index (κ1) is 19.9. The first-order valence-corrected chi connectivity index (χ1v) is 9.01. The molecule has 0 heterocycles. The van der Waals surface area contributed by atoms with Crippen molar-refractivity contribution in [3.05, 3.63) is 64.6 Å². The predicted molar refractivity (Wildman–Crippen MR) is 104 cm³/mol. The van der Waals surface area contributed by atoms with Gasteiger partial charge in [-0.05, 0) is 36.9 Å². The van der Waals surface area contributed by atoms with Crippen molar-refractivity contribution in [2.45, 2.75) is 6.54 Å². The van der Waals surface area contributed by atoms with E-state index in [1.807, 2.05) is 54.6 Å². The van der Waals surface area contributed by atoms with Gasteiger partial charge in [0, 0.05) is 17.6 Å². The molecular weight excluding hydrogens is 398 g/mol. The van der Waals surface area contributed by atoms with E-state index in [4.69, 9.17) is 4.74 Å². The molecule has 2 aromatic carbocycles. The van der Waals surface area contributed by atoms with Gasteiger partial charge in [-0.1, -0.05) is 46.3 Å². The molecule has 2 aromatic rings. The maximum atomic E-state index is 11.9. The van der Waals surface area contributed by atoms with Crippen molar-refractivity contribution >= 4 is 27.9 Å². The van der Waals surface area contributed by atoms with E-state index in [1.165, 1.54) is 0 Å². The number of nitrogens with zero attached hydrogens (tertiary/aromatic N) is 1. The van der Waals surface area contributed by atoms with E-state index < -0.39 is 6.03 Å². The van der Waals surface area contributed by atoms with Crippen LogP contribution in [-0.2, 0) is 11.3 Å². The van der Waals surface area contributed by atoms with Gasteiger partial charge in [0.25, 0.3) is 0 Å². The fourth-order valence-corrected chi connectivity index (χ4v) is 2.43. The molecule has 0 saturated heterocycles. The van der Waals surface area contributed by atoms with Gasteiger partial charge in [-0.15, -0.1) is 0 Å². The third kappa shape index (κ3) is 7.67. The van der Waals surface area contributed by atoms with E-state index in [2.05, 4.69) is 26.6 Å². The van der Waals surface area contributed by atoms with Gasteiger partial charge in [0.05, 0.1) is 6.54 Å². The summed E-state index contributed by atoms with van der Waals surface area (Å²) in [6.45, 7) is 1.50. The van der Waals surface area contributed by atoms with Crippen LogP contribution in [0.2, 0.25) is 0 Å². The number of imide groups is 1. The zero-order valence-corrected chi connectivity index (χ0v) is 16.2. The highest BCUT2D eigenvalue weighted by Gasteiger charge is 2.10. The molecule has 2 N–H and O–H groups in total. The number of carbonyl (C=O) groups excluding carboxylic acids is 2. The smallest absolute Gasteiger partial charge is 0.321 e. The maximum absolute atomic E-state index is 11.9. The Balaban J connectivity index is 1.61. The monoisotopic (exact) mass is 419 g/mol. The number of urea groups is 1. The Labute approximate surface area is 161 Å². The highest BCUT2D eigenvalue weighted by atomic mass is 79.9. The maximum Gasteiger partial charge on any atom is 0.321 e. The zero-order chi connectivity index (χ0) is 18.8. The van der Waals surface area contributed by atoms with E-state index in [0.717, 1.165) is 15.8 Å². The molecule has 26 heavy (non-hydrogen) atoms. The standard InChI is InChI=1S/C19H22BrN3O3/c1-23(11-12-26-17-9-7-16(20)8-10-17)14-18(24)22-19(25)21-13-15-5-3-2-4-6-15/h2-10H,11-14H2,1H3,(H2,21,22,24,25). The summed E-state index contributed by atoms with van der Waals surface area (Å²) in [5, 5.41) is 4.97. The number of nitrogens with one attached hydrogen (secondary N) is 2. The Morgan fingerprint density at radius 1 is 1.08 bits per heavy atom. The molecule has 6 nitrogen and oxygen atoms in total. The zero-order valence-electron chi connectivity index (χ0n) is 14.6. The lowest BCUT2D eigenvalue weighted by Gasteiger charge is -2.16. The number of carbonyl (C=O) groups is 2. The van der Waals surface area contributed by atoms with Gasteiger partial charge in [-0.3, -0.25) is 15.0 Å².